The molecule has 3 N–H and O–H groups in total. The van der Waals surface area contributed by atoms with E-state index in [0.717, 1.165) is 17.7 Å². The highest BCUT2D eigenvalue weighted by molar-refractivity contribution is 5.42. The Bertz CT molecular complexity index is 351. The van der Waals surface area contributed by atoms with E-state index in [0.29, 0.717) is 5.75 Å². The van der Waals surface area contributed by atoms with Crippen molar-refractivity contribution in [1.29, 1.82) is 0 Å². The van der Waals surface area contributed by atoms with E-state index in [1.807, 2.05) is 19.1 Å². The first-order valence-corrected chi connectivity index (χ1v) is 5.76. The van der Waals surface area contributed by atoms with Crippen LogP contribution < -0.4 is 15.2 Å². The SMILES string of the molecule is CCC(CO)C(N)c1ccc(OC)cc1OC. The molecule has 4 heteroatoms. The lowest BCUT2D eigenvalue weighted by atomic mass is 9.91. The van der Waals surface area contributed by atoms with Crippen LogP contribution in [0.2, 0.25) is 0 Å². The molecule has 2 atom stereocenters. The zero-order valence-electron chi connectivity index (χ0n) is 10.6. The summed E-state index contributed by atoms with van der Waals surface area (Å²) in [6, 6.07) is 5.31. The molecule has 0 aliphatic heterocycles. The van der Waals surface area contributed by atoms with Gasteiger partial charge >= 0.3 is 0 Å². The predicted molar refractivity (Wildman–Crippen MR) is 67.3 cm³/mol. The Morgan fingerprint density at radius 1 is 1.29 bits per heavy atom. The van der Waals surface area contributed by atoms with Gasteiger partial charge in [0.15, 0.2) is 0 Å². The second-order valence-corrected chi connectivity index (χ2v) is 3.98. The third-order valence-electron chi connectivity index (χ3n) is 3.07. The summed E-state index contributed by atoms with van der Waals surface area (Å²) in [5.74, 6) is 1.47. The summed E-state index contributed by atoms with van der Waals surface area (Å²) in [6.07, 6.45) is 0.826. The fourth-order valence-corrected chi connectivity index (χ4v) is 1.84. The number of nitrogens with two attached hydrogens (primary N) is 1. The van der Waals surface area contributed by atoms with Crippen LogP contribution in [0.3, 0.4) is 0 Å². The molecular formula is C13H21NO3. The lowest BCUT2D eigenvalue weighted by molar-refractivity contribution is 0.199. The number of methoxy groups -OCH3 is 2. The molecule has 17 heavy (non-hydrogen) atoms. The van der Waals surface area contributed by atoms with Gasteiger partial charge in [-0.1, -0.05) is 13.0 Å². The lowest BCUT2D eigenvalue weighted by Gasteiger charge is -2.23. The van der Waals surface area contributed by atoms with Gasteiger partial charge in [0.25, 0.3) is 0 Å². The molecule has 0 fully saturated rings. The molecule has 1 aromatic carbocycles. The molecule has 4 nitrogen and oxygen atoms in total. The Morgan fingerprint density at radius 3 is 2.47 bits per heavy atom. The van der Waals surface area contributed by atoms with E-state index < -0.39 is 0 Å². The van der Waals surface area contributed by atoms with Gasteiger partial charge in [-0.2, -0.15) is 0 Å². The molecule has 0 radical (unpaired) electrons. The summed E-state index contributed by atoms with van der Waals surface area (Å²) < 4.78 is 10.4. The maximum atomic E-state index is 9.28. The average Bonchev–Trinajstić information content (AvgIpc) is 2.39. The summed E-state index contributed by atoms with van der Waals surface area (Å²) in [7, 11) is 3.21. The fraction of sp³-hybridized carbons (Fsp3) is 0.538. The quantitative estimate of drug-likeness (QED) is 0.793. The predicted octanol–water partition coefficient (Wildman–Crippen LogP) is 1.72. The van der Waals surface area contributed by atoms with Crippen LogP contribution >= 0.6 is 0 Å². The third-order valence-corrected chi connectivity index (χ3v) is 3.07. The number of hydrogen-bond donors (Lipinski definition) is 2. The minimum Gasteiger partial charge on any atom is -0.497 e. The van der Waals surface area contributed by atoms with Gasteiger partial charge in [0.2, 0.25) is 0 Å². The average molecular weight is 239 g/mol. The van der Waals surface area contributed by atoms with Crippen molar-refractivity contribution in [3.63, 3.8) is 0 Å². The molecular weight excluding hydrogens is 218 g/mol. The highest BCUT2D eigenvalue weighted by Gasteiger charge is 2.20. The molecule has 0 spiro atoms. The second kappa shape index (κ2) is 6.47. The molecule has 0 aromatic heterocycles. The van der Waals surface area contributed by atoms with Gasteiger partial charge < -0.3 is 20.3 Å². The Labute approximate surface area is 102 Å². The molecule has 0 bridgehead atoms. The first-order valence-electron chi connectivity index (χ1n) is 5.76. The first kappa shape index (κ1) is 13.8. The normalized spacial score (nSPS) is 14.2. The van der Waals surface area contributed by atoms with E-state index in [2.05, 4.69) is 0 Å². The zero-order chi connectivity index (χ0) is 12.8. The van der Waals surface area contributed by atoms with Gasteiger partial charge in [0.1, 0.15) is 11.5 Å². The van der Waals surface area contributed by atoms with Crippen molar-refractivity contribution < 1.29 is 14.6 Å². The number of ether oxygens (including phenoxy) is 2. The Balaban J connectivity index is 3.03. The molecule has 1 rings (SSSR count). The van der Waals surface area contributed by atoms with E-state index in [4.69, 9.17) is 15.2 Å². The number of hydrogen-bond acceptors (Lipinski definition) is 4. The Kier molecular flexibility index (Phi) is 5.25. The van der Waals surface area contributed by atoms with Crippen molar-refractivity contribution in [2.75, 3.05) is 20.8 Å². The molecule has 0 amide bonds. The molecule has 0 saturated carbocycles. The number of aliphatic hydroxyl groups excluding tert-OH is 1. The molecule has 96 valence electrons. The number of aliphatic hydroxyl groups is 1. The molecule has 1 aromatic rings. The van der Waals surface area contributed by atoms with Crippen LogP contribution in [-0.4, -0.2) is 25.9 Å². The largest absolute Gasteiger partial charge is 0.497 e. The third kappa shape index (κ3) is 3.11. The second-order valence-electron chi connectivity index (χ2n) is 3.98. The maximum Gasteiger partial charge on any atom is 0.127 e. The molecule has 0 aliphatic carbocycles. The van der Waals surface area contributed by atoms with Crippen molar-refractivity contribution in [3.05, 3.63) is 23.8 Å². The van der Waals surface area contributed by atoms with Crippen molar-refractivity contribution in [2.24, 2.45) is 11.7 Å². The van der Waals surface area contributed by atoms with Crippen molar-refractivity contribution >= 4 is 0 Å². The summed E-state index contributed by atoms with van der Waals surface area (Å²) in [5, 5.41) is 9.28. The zero-order valence-corrected chi connectivity index (χ0v) is 10.6. The van der Waals surface area contributed by atoms with Crippen LogP contribution in [0.5, 0.6) is 11.5 Å². The van der Waals surface area contributed by atoms with E-state index in [9.17, 15) is 5.11 Å². The lowest BCUT2D eigenvalue weighted by Crippen LogP contribution is -2.24. The monoisotopic (exact) mass is 239 g/mol. The standard InChI is InChI=1S/C13H21NO3/c1-4-9(8-15)13(14)11-6-5-10(16-2)7-12(11)17-3/h5-7,9,13,15H,4,8,14H2,1-3H3. The van der Waals surface area contributed by atoms with Crippen molar-refractivity contribution in [1.82, 2.24) is 0 Å². The molecule has 0 saturated heterocycles. The van der Waals surface area contributed by atoms with Crippen LogP contribution in [0.25, 0.3) is 0 Å². The van der Waals surface area contributed by atoms with Crippen LogP contribution in [-0.2, 0) is 0 Å². The Morgan fingerprint density at radius 2 is 2.00 bits per heavy atom. The summed E-state index contributed by atoms with van der Waals surface area (Å²) in [6.45, 7) is 2.09. The van der Waals surface area contributed by atoms with E-state index in [1.165, 1.54) is 0 Å². The smallest absolute Gasteiger partial charge is 0.127 e. The topological polar surface area (TPSA) is 64.7 Å². The van der Waals surface area contributed by atoms with E-state index in [1.54, 1.807) is 20.3 Å². The van der Waals surface area contributed by atoms with Gasteiger partial charge in [-0.25, -0.2) is 0 Å². The first-order chi connectivity index (χ1) is 8.17. The van der Waals surface area contributed by atoms with Crippen LogP contribution in [0.15, 0.2) is 18.2 Å². The van der Waals surface area contributed by atoms with Gasteiger partial charge in [-0.05, 0) is 12.5 Å². The van der Waals surface area contributed by atoms with Gasteiger partial charge in [-0.15, -0.1) is 0 Å². The summed E-state index contributed by atoms with van der Waals surface area (Å²) >= 11 is 0. The fourth-order valence-electron chi connectivity index (χ4n) is 1.84. The Hall–Kier alpha value is -1.26. The van der Waals surface area contributed by atoms with Crippen LogP contribution in [0.4, 0.5) is 0 Å². The van der Waals surface area contributed by atoms with Crippen molar-refractivity contribution in [3.8, 4) is 11.5 Å². The maximum absolute atomic E-state index is 9.28. The highest BCUT2D eigenvalue weighted by atomic mass is 16.5. The van der Waals surface area contributed by atoms with E-state index in [-0.39, 0.29) is 18.6 Å². The summed E-state index contributed by atoms with van der Waals surface area (Å²) in [4.78, 5) is 0. The number of benzene rings is 1. The van der Waals surface area contributed by atoms with Crippen LogP contribution in [0, 0.1) is 5.92 Å². The molecule has 0 heterocycles. The van der Waals surface area contributed by atoms with Crippen molar-refractivity contribution in [2.45, 2.75) is 19.4 Å². The minimum absolute atomic E-state index is 0.0392. The van der Waals surface area contributed by atoms with Gasteiger partial charge in [0.05, 0.1) is 14.2 Å². The van der Waals surface area contributed by atoms with E-state index >= 15 is 0 Å². The van der Waals surface area contributed by atoms with Gasteiger partial charge in [-0.3, -0.25) is 0 Å². The number of rotatable bonds is 6. The molecule has 2 unspecified atom stereocenters. The van der Waals surface area contributed by atoms with Crippen LogP contribution in [0.1, 0.15) is 24.9 Å². The highest BCUT2D eigenvalue weighted by Crippen LogP contribution is 2.32. The summed E-state index contributed by atoms with van der Waals surface area (Å²) in [5.41, 5.74) is 7.04. The minimum atomic E-state index is -0.231. The van der Waals surface area contributed by atoms with Gasteiger partial charge in [0, 0.05) is 30.2 Å². The molecule has 0 aliphatic rings.